The number of halogens is 2. The van der Waals surface area contributed by atoms with Gasteiger partial charge in [0.1, 0.15) is 5.82 Å². The van der Waals surface area contributed by atoms with Crippen LogP contribution in [0.2, 0.25) is 5.02 Å². The first-order valence-corrected chi connectivity index (χ1v) is 6.60. The van der Waals surface area contributed by atoms with Gasteiger partial charge >= 0.3 is 0 Å². The van der Waals surface area contributed by atoms with Crippen molar-refractivity contribution in [3.8, 4) is 0 Å². The lowest BCUT2D eigenvalue weighted by Crippen LogP contribution is -2.06. The average Bonchev–Trinajstić information content (AvgIpc) is 2.61. The van der Waals surface area contributed by atoms with Crippen molar-refractivity contribution in [2.45, 2.75) is 26.8 Å². The smallest absolute Gasteiger partial charge is 0.125 e. The Bertz CT molecular complexity index is 572. The van der Waals surface area contributed by atoms with Crippen molar-refractivity contribution < 1.29 is 4.39 Å². The zero-order valence-electron chi connectivity index (χ0n) is 11.3. The summed E-state index contributed by atoms with van der Waals surface area (Å²) in [6.45, 7) is 4.40. The topological polar surface area (TPSA) is 29.9 Å². The Kier molecular flexibility index (Phi) is 4.10. The summed E-state index contributed by atoms with van der Waals surface area (Å²) in [5, 5.41) is 8.21. The molecule has 0 atom stereocenters. The molecule has 0 aliphatic heterocycles. The SMILES string of the molecule is CCc1nn(C)c(CNc2cc(C)cc(F)c2)c1Cl. The van der Waals surface area contributed by atoms with Crippen molar-refractivity contribution >= 4 is 17.3 Å². The zero-order chi connectivity index (χ0) is 14.0. The Morgan fingerprint density at radius 3 is 2.68 bits per heavy atom. The molecule has 5 heteroatoms. The molecule has 0 spiro atoms. The van der Waals surface area contributed by atoms with Gasteiger partial charge in [0, 0.05) is 12.7 Å². The van der Waals surface area contributed by atoms with Gasteiger partial charge in [0.2, 0.25) is 0 Å². The van der Waals surface area contributed by atoms with Crippen LogP contribution >= 0.6 is 11.6 Å². The molecule has 0 amide bonds. The Morgan fingerprint density at radius 2 is 2.11 bits per heavy atom. The lowest BCUT2D eigenvalue weighted by Gasteiger charge is -2.08. The molecule has 102 valence electrons. The highest BCUT2D eigenvalue weighted by molar-refractivity contribution is 6.31. The molecular weight excluding hydrogens is 265 g/mol. The van der Waals surface area contributed by atoms with Gasteiger partial charge in [-0.05, 0) is 37.1 Å². The minimum Gasteiger partial charge on any atom is -0.379 e. The zero-order valence-corrected chi connectivity index (χ0v) is 12.1. The van der Waals surface area contributed by atoms with E-state index in [4.69, 9.17) is 11.6 Å². The third kappa shape index (κ3) is 3.07. The predicted molar refractivity (Wildman–Crippen MR) is 76.1 cm³/mol. The first-order valence-electron chi connectivity index (χ1n) is 6.22. The first kappa shape index (κ1) is 13.9. The Labute approximate surface area is 117 Å². The number of nitrogens with zero attached hydrogens (tertiary/aromatic N) is 2. The molecule has 2 rings (SSSR count). The van der Waals surface area contributed by atoms with E-state index < -0.39 is 0 Å². The minimum atomic E-state index is -0.243. The summed E-state index contributed by atoms with van der Waals surface area (Å²) in [5.41, 5.74) is 3.41. The van der Waals surface area contributed by atoms with E-state index in [1.165, 1.54) is 12.1 Å². The molecular formula is C14H17ClFN3. The quantitative estimate of drug-likeness (QED) is 0.926. The maximum atomic E-state index is 13.3. The molecule has 0 saturated heterocycles. The number of hydrogen-bond donors (Lipinski definition) is 1. The summed E-state index contributed by atoms with van der Waals surface area (Å²) in [6, 6.07) is 4.86. The van der Waals surface area contributed by atoms with Gasteiger partial charge in [0.15, 0.2) is 0 Å². The van der Waals surface area contributed by atoms with E-state index in [1.54, 1.807) is 4.68 Å². The minimum absolute atomic E-state index is 0.243. The molecule has 0 unspecified atom stereocenters. The molecule has 0 fully saturated rings. The van der Waals surface area contributed by atoms with E-state index in [1.807, 2.05) is 27.0 Å². The van der Waals surface area contributed by atoms with Crippen molar-refractivity contribution in [3.63, 3.8) is 0 Å². The van der Waals surface area contributed by atoms with E-state index in [-0.39, 0.29) is 5.82 Å². The number of aromatic nitrogens is 2. The number of anilines is 1. The fourth-order valence-electron chi connectivity index (χ4n) is 2.04. The van der Waals surface area contributed by atoms with Crippen LogP contribution in [0.3, 0.4) is 0 Å². The molecule has 0 aliphatic rings. The molecule has 3 nitrogen and oxygen atoms in total. The second-order valence-electron chi connectivity index (χ2n) is 4.56. The van der Waals surface area contributed by atoms with Gasteiger partial charge in [0.05, 0.1) is 23.0 Å². The summed E-state index contributed by atoms with van der Waals surface area (Å²) in [7, 11) is 1.86. The van der Waals surface area contributed by atoms with Crippen LogP contribution in [0.15, 0.2) is 18.2 Å². The fourth-order valence-corrected chi connectivity index (χ4v) is 2.40. The molecule has 0 aliphatic carbocycles. The highest BCUT2D eigenvalue weighted by Crippen LogP contribution is 2.22. The van der Waals surface area contributed by atoms with Gasteiger partial charge in [-0.3, -0.25) is 4.68 Å². The Morgan fingerprint density at radius 1 is 1.37 bits per heavy atom. The predicted octanol–water partition coefficient (Wildman–Crippen LogP) is 3.70. The molecule has 1 aromatic heterocycles. The first-order chi connectivity index (χ1) is 9.01. The molecule has 0 bridgehead atoms. The standard InChI is InChI=1S/C14H17ClFN3/c1-4-12-14(15)13(19(3)18-12)8-17-11-6-9(2)5-10(16)7-11/h5-7,17H,4,8H2,1-3H3. The highest BCUT2D eigenvalue weighted by atomic mass is 35.5. The molecule has 2 aromatic rings. The van der Waals surface area contributed by atoms with Crippen molar-refractivity contribution in [3.05, 3.63) is 46.0 Å². The van der Waals surface area contributed by atoms with Crippen LogP contribution in [0, 0.1) is 12.7 Å². The molecule has 1 aromatic carbocycles. The summed E-state index contributed by atoms with van der Waals surface area (Å²) in [5.74, 6) is -0.243. The van der Waals surface area contributed by atoms with E-state index in [2.05, 4.69) is 10.4 Å². The van der Waals surface area contributed by atoms with Gasteiger partial charge in [-0.25, -0.2) is 4.39 Å². The monoisotopic (exact) mass is 281 g/mol. The lowest BCUT2D eigenvalue weighted by molar-refractivity contribution is 0.627. The summed E-state index contributed by atoms with van der Waals surface area (Å²) >= 11 is 6.26. The van der Waals surface area contributed by atoms with E-state index >= 15 is 0 Å². The number of hydrogen-bond acceptors (Lipinski definition) is 2. The van der Waals surface area contributed by atoms with E-state index in [9.17, 15) is 4.39 Å². The lowest BCUT2D eigenvalue weighted by atomic mass is 10.2. The van der Waals surface area contributed by atoms with Crippen molar-refractivity contribution in [2.75, 3.05) is 5.32 Å². The van der Waals surface area contributed by atoms with E-state index in [0.29, 0.717) is 11.6 Å². The van der Waals surface area contributed by atoms with Crippen LogP contribution in [0.25, 0.3) is 0 Å². The summed E-state index contributed by atoms with van der Waals surface area (Å²) < 4.78 is 15.1. The van der Waals surface area contributed by atoms with E-state index in [0.717, 1.165) is 29.1 Å². The Balaban J connectivity index is 2.16. The molecule has 19 heavy (non-hydrogen) atoms. The van der Waals surface area contributed by atoms with Crippen molar-refractivity contribution in [2.24, 2.45) is 7.05 Å². The van der Waals surface area contributed by atoms with Gasteiger partial charge in [0.25, 0.3) is 0 Å². The largest absolute Gasteiger partial charge is 0.379 e. The van der Waals surface area contributed by atoms with Crippen LogP contribution in [0.1, 0.15) is 23.9 Å². The third-order valence-corrected chi connectivity index (χ3v) is 3.44. The van der Waals surface area contributed by atoms with Gasteiger partial charge in [-0.2, -0.15) is 5.10 Å². The van der Waals surface area contributed by atoms with Crippen molar-refractivity contribution in [1.82, 2.24) is 9.78 Å². The van der Waals surface area contributed by atoms with Gasteiger partial charge in [-0.1, -0.05) is 18.5 Å². The van der Waals surface area contributed by atoms with Crippen LogP contribution in [-0.2, 0) is 20.0 Å². The average molecular weight is 282 g/mol. The molecule has 1 heterocycles. The summed E-state index contributed by atoms with van der Waals surface area (Å²) in [6.07, 6.45) is 0.797. The van der Waals surface area contributed by atoms with Gasteiger partial charge < -0.3 is 5.32 Å². The summed E-state index contributed by atoms with van der Waals surface area (Å²) in [4.78, 5) is 0. The fraction of sp³-hybridized carbons (Fsp3) is 0.357. The number of rotatable bonds is 4. The van der Waals surface area contributed by atoms with Crippen LogP contribution in [0.4, 0.5) is 10.1 Å². The maximum absolute atomic E-state index is 13.3. The van der Waals surface area contributed by atoms with Crippen LogP contribution in [0.5, 0.6) is 0 Å². The second-order valence-corrected chi connectivity index (χ2v) is 4.93. The van der Waals surface area contributed by atoms with Crippen molar-refractivity contribution in [1.29, 1.82) is 0 Å². The van der Waals surface area contributed by atoms with Crippen LogP contribution in [-0.4, -0.2) is 9.78 Å². The molecule has 0 radical (unpaired) electrons. The third-order valence-electron chi connectivity index (χ3n) is 3.01. The molecule has 1 N–H and O–H groups in total. The Hall–Kier alpha value is -1.55. The van der Waals surface area contributed by atoms with Crippen LogP contribution < -0.4 is 5.32 Å². The highest BCUT2D eigenvalue weighted by Gasteiger charge is 2.12. The number of benzene rings is 1. The molecule has 0 saturated carbocycles. The second kappa shape index (κ2) is 5.61. The maximum Gasteiger partial charge on any atom is 0.125 e. The number of nitrogens with one attached hydrogen (secondary N) is 1. The number of aryl methyl sites for hydroxylation is 3. The van der Waals surface area contributed by atoms with Gasteiger partial charge in [-0.15, -0.1) is 0 Å². The normalized spacial score (nSPS) is 10.8.